The van der Waals surface area contributed by atoms with Gasteiger partial charge in [0.05, 0.1) is 0 Å². The molecule has 0 aliphatic carbocycles. The quantitative estimate of drug-likeness (QED) is 0.648. The highest BCUT2D eigenvalue weighted by molar-refractivity contribution is 6.44. The molecule has 0 bridgehead atoms. The van der Waals surface area contributed by atoms with Gasteiger partial charge in [0.25, 0.3) is 0 Å². The lowest BCUT2D eigenvalue weighted by molar-refractivity contribution is 1.27. The summed E-state index contributed by atoms with van der Waals surface area (Å²) in [5.41, 5.74) is 4.49. The summed E-state index contributed by atoms with van der Waals surface area (Å²) in [7, 11) is 0. The summed E-state index contributed by atoms with van der Waals surface area (Å²) in [4.78, 5) is -0.469. The maximum absolute atomic E-state index is 5.93. The third kappa shape index (κ3) is 2.23. The summed E-state index contributed by atoms with van der Waals surface area (Å²) in [6.07, 6.45) is 0. The van der Waals surface area contributed by atoms with Crippen molar-refractivity contribution in [2.45, 2.75) is 11.8 Å². The van der Waals surface area contributed by atoms with E-state index < -0.39 is 4.84 Å². The van der Waals surface area contributed by atoms with E-state index in [4.69, 9.17) is 23.2 Å². The Bertz CT molecular complexity index is 475. The van der Waals surface area contributed by atoms with Crippen molar-refractivity contribution < 1.29 is 0 Å². The van der Waals surface area contributed by atoms with E-state index in [0.717, 1.165) is 11.1 Å². The fourth-order valence-electron chi connectivity index (χ4n) is 1.82. The first-order valence-electron chi connectivity index (χ1n) is 5.13. The second kappa shape index (κ2) is 4.90. The van der Waals surface area contributed by atoms with Crippen LogP contribution in [0.4, 0.5) is 0 Å². The molecule has 2 heteroatoms. The molecule has 0 saturated heterocycles. The van der Waals surface area contributed by atoms with Gasteiger partial charge in [0.15, 0.2) is 0 Å². The van der Waals surface area contributed by atoms with Gasteiger partial charge >= 0.3 is 0 Å². The van der Waals surface area contributed by atoms with Crippen molar-refractivity contribution in [3.05, 3.63) is 59.7 Å². The van der Waals surface area contributed by atoms with E-state index in [1.807, 2.05) is 30.3 Å². The Labute approximate surface area is 106 Å². The molecule has 0 fully saturated rings. The molecular formula is C14H12Cl2. The molecule has 82 valence electrons. The summed E-state index contributed by atoms with van der Waals surface area (Å²) in [5, 5.41) is 0. The third-order valence-corrected chi connectivity index (χ3v) is 3.17. The van der Waals surface area contributed by atoms with Crippen LogP contribution in [0.3, 0.4) is 0 Å². The Hall–Kier alpha value is -0.980. The minimum absolute atomic E-state index is 0.469. The SMILES string of the molecule is Cc1c(-c2ccccc2)cccc1C(Cl)Cl. The number of rotatable bonds is 2. The van der Waals surface area contributed by atoms with Gasteiger partial charge in [-0.2, -0.15) is 0 Å². The highest BCUT2D eigenvalue weighted by Gasteiger charge is 2.10. The lowest BCUT2D eigenvalue weighted by Crippen LogP contribution is -1.91. The van der Waals surface area contributed by atoms with Gasteiger partial charge in [-0.25, -0.2) is 0 Å². The van der Waals surface area contributed by atoms with E-state index in [-0.39, 0.29) is 0 Å². The fraction of sp³-hybridized carbons (Fsp3) is 0.143. The van der Waals surface area contributed by atoms with Gasteiger partial charge in [-0.05, 0) is 29.2 Å². The molecule has 16 heavy (non-hydrogen) atoms. The van der Waals surface area contributed by atoms with Crippen molar-refractivity contribution in [2.75, 3.05) is 0 Å². The van der Waals surface area contributed by atoms with Crippen LogP contribution in [-0.2, 0) is 0 Å². The Kier molecular flexibility index (Phi) is 3.52. The molecule has 2 rings (SSSR count). The van der Waals surface area contributed by atoms with Crippen LogP contribution in [0, 0.1) is 6.92 Å². The smallest absolute Gasteiger partial charge is 0.100 e. The summed E-state index contributed by atoms with van der Waals surface area (Å²) < 4.78 is 0. The molecule has 0 unspecified atom stereocenters. The molecular weight excluding hydrogens is 239 g/mol. The number of hydrogen-bond acceptors (Lipinski definition) is 0. The van der Waals surface area contributed by atoms with Crippen LogP contribution in [0.5, 0.6) is 0 Å². The minimum Gasteiger partial charge on any atom is -0.100 e. The Morgan fingerprint density at radius 3 is 2.19 bits per heavy atom. The van der Waals surface area contributed by atoms with Crippen LogP contribution in [0.1, 0.15) is 16.0 Å². The molecule has 0 saturated carbocycles. The van der Waals surface area contributed by atoms with Crippen LogP contribution in [0.25, 0.3) is 11.1 Å². The fourth-order valence-corrected chi connectivity index (χ4v) is 2.29. The highest BCUT2D eigenvalue weighted by atomic mass is 35.5. The van der Waals surface area contributed by atoms with Gasteiger partial charge in [0.1, 0.15) is 4.84 Å². The van der Waals surface area contributed by atoms with E-state index in [1.165, 1.54) is 11.1 Å². The van der Waals surface area contributed by atoms with Gasteiger partial charge in [-0.1, -0.05) is 48.5 Å². The Morgan fingerprint density at radius 1 is 0.875 bits per heavy atom. The molecule has 2 aromatic carbocycles. The lowest BCUT2D eigenvalue weighted by atomic mass is 9.97. The van der Waals surface area contributed by atoms with E-state index >= 15 is 0 Å². The number of alkyl halides is 2. The number of benzene rings is 2. The zero-order valence-electron chi connectivity index (χ0n) is 8.95. The van der Waals surface area contributed by atoms with Gasteiger partial charge < -0.3 is 0 Å². The summed E-state index contributed by atoms with van der Waals surface area (Å²) in [6.45, 7) is 2.05. The second-order valence-electron chi connectivity index (χ2n) is 3.69. The van der Waals surface area contributed by atoms with Crippen molar-refractivity contribution in [1.82, 2.24) is 0 Å². The summed E-state index contributed by atoms with van der Waals surface area (Å²) >= 11 is 11.9. The predicted octanol–water partition coefficient (Wildman–Crippen LogP) is 5.14. The van der Waals surface area contributed by atoms with E-state index in [9.17, 15) is 0 Å². The van der Waals surface area contributed by atoms with Crippen LogP contribution < -0.4 is 0 Å². The first kappa shape index (κ1) is 11.5. The molecule has 2 aromatic rings. The topological polar surface area (TPSA) is 0 Å². The van der Waals surface area contributed by atoms with Gasteiger partial charge in [-0.3, -0.25) is 0 Å². The summed E-state index contributed by atoms with van der Waals surface area (Å²) in [6, 6.07) is 16.3. The van der Waals surface area contributed by atoms with Crippen molar-refractivity contribution in [1.29, 1.82) is 0 Å². The molecule has 0 N–H and O–H groups in total. The number of halogens is 2. The average Bonchev–Trinajstić information content (AvgIpc) is 2.30. The van der Waals surface area contributed by atoms with Gasteiger partial charge in [0.2, 0.25) is 0 Å². The van der Waals surface area contributed by atoms with Crippen molar-refractivity contribution in [3.63, 3.8) is 0 Å². The molecule has 0 heterocycles. The Balaban J connectivity index is 2.55. The lowest BCUT2D eigenvalue weighted by Gasteiger charge is -2.11. The molecule has 0 radical (unpaired) electrons. The van der Waals surface area contributed by atoms with Crippen molar-refractivity contribution >= 4 is 23.2 Å². The van der Waals surface area contributed by atoms with Crippen LogP contribution in [0.15, 0.2) is 48.5 Å². The third-order valence-electron chi connectivity index (χ3n) is 2.70. The van der Waals surface area contributed by atoms with Gasteiger partial charge in [-0.15, -0.1) is 23.2 Å². The van der Waals surface area contributed by atoms with Gasteiger partial charge in [0, 0.05) is 0 Å². The Morgan fingerprint density at radius 2 is 1.56 bits per heavy atom. The molecule has 0 atom stereocenters. The van der Waals surface area contributed by atoms with Crippen molar-refractivity contribution in [3.8, 4) is 11.1 Å². The maximum Gasteiger partial charge on any atom is 0.133 e. The normalized spacial score (nSPS) is 10.8. The zero-order valence-corrected chi connectivity index (χ0v) is 10.5. The maximum atomic E-state index is 5.93. The first-order valence-corrected chi connectivity index (χ1v) is 6.00. The molecule has 0 aliphatic heterocycles. The number of hydrogen-bond donors (Lipinski definition) is 0. The first-order chi connectivity index (χ1) is 7.70. The molecule has 0 nitrogen and oxygen atoms in total. The molecule has 0 spiro atoms. The molecule has 0 aromatic heterocycles. The monoisotopic (exact) mass is 250 g/mol. The largest absolute Gasteiger partial charge is 0.133 e. The van der Waals surface area contributed by atoms with Crippen LogP contribution in [-0.4, -0.2) is 0 Å². The summed E-state index contributed by atoms with van der Waals surface area (Å²) in [5.74, 6) is 0. The average molecular weight is 251 g/mol. The molecule has 0 aliphatic rings. The highest BCUT2D eigenvalue weighted by Crippen LogP contribution is 2.33. The van der Waals surface area contributed by atoms with E-state index in [0.29, 0.717) is 0 Å². The molecule has 0 amide bonds. The zero-order chi connectivity index (χ0) is 11.5. The predicted molar refractivity (Wildman–Crippen MR) is 71.1 cm³/mol. The standard InChI is InChI=1S/C14H12Cl2/c1-10-12(11-6-3-2-4-7-11)8-5-9-13(10)14(15)16/h2-9,14H,1H3. The van der Waals surface area contributed by atoms with Crippen LogP contribution >= 0.6 is 23.2 Å². The second-order valence-corrected chi connectivity index (χ2v) is 4.78. The van der Waals surface area contributed by atoms with E-state index in [1.54, 1.807) is 0 Å². The van der Waals surface area contributed by atoms with E-state index in [2.05, 4.69) is 25.1 Å². The van der Waals surface area contributed by atoms with Crippen molar-refractivity contribution in [2.24, 2.45) is 0 Å². The van der Waals surface area contributed by atoms with Crippen LogP contribution in [0.2, 0.25) is 0 Å². The minimum atomic E-state index is -0.469.